The van der Waals surface area contributed by atoms with Crippen molar-refractivity contribution in [1.29, 1.82) is 0 Å². The molecule has 0 spiro atoms. The molecule has 0 aliphatic heterocycles. The number of rotatable bonds is 5. The van der Waals surface area contributed by atoms with Crippen LogP contribution < -0.4 is 9.47 Å². The third-order valence-electron chi connectivity index (χ3n) is 3.56. The zero-order chi connectivity index (χ0) is 16.9. The van der Waals surface area contributed by atoms with Gasteiger partial charge in [-0.25, -0.2) is 9.78 Å². The number of ether oxygens (including phenoxy) is 2. The largest absolute Gasteiger partial charge is 0.487 e. The first-order valence-electron chi connectivity index (χ1n) is 7.52. The van der Waals surface area contributed by atoms with Gasteiger partial charge in [-0.15, -0.1) is 11.3 Å². The summed E-state index contributed by atoms with van der Waals surface area (Å²) in [5, 5.41) is 1.94. The van der Waals surface area contributed by atoms with E-state index < -0.39 is 0 Å². The molecule has 0 radical (unpaired) electrons. The normalized spacial score (nSPS) is 10.4. The Morgan fingerprint density at radius 3 is 2.42 bits per heavy atom. The summed E-state index contributed by atoms with van der Waals surface area (Å²) in [6, 6.07) is 12.7. The minimum atomic E-state index is -0.376. The van der Waals surface area contributed by atoms with Crippen LogP contribution in [-0.4, -0.2) is 11.0 Å². The molecule has 5 heteroatoms. The summed E-state index contributed by atoms with van der Waals surface area (Å²) in [5.74, 6) is 0.927. The highest BCUT2D eigenvalue weighted by molar-refractivity contribution is 7.07. The second kappa shape index (κ2) is 7.27. The summed E-state index contributed by atoms with van der Waals surface area (Å²) in [5.41, 5.74) is 5.01. The van der Waals surface area contributed by atoms with E-state index in [1.165, 1.54) is 11.3 Å². The molecule has 0 saturated carbocycles. The fourth-order valence-electron chi connectivity index (χ4n) is 2.27. The number of benzene rings is 2. The van der Waals surface area contributed by atoms with Gasteiger partial charge in [0, 0.05) is 5.38 Å². The predicted molar refractivity (Wildman–Crippen MR) is 93.8 cm³/mol. The van der Waals surface area contributed by atoms with Gasteiger partial charge >= 0.3 is 5.97 Å². The maximum absolute atomic E-state index is 12.3. The van der Waals surface area contributed by atoms with Crippen LogP contribution in [0.3, 0.4) is 0 Å². The SMILES string of the molecule is Cc1cccc(C)c1OC(=O)c1ccc(OCc2cscn2)cc1. The Kier molecular flexibility index (Phi) is 4.91. The Morgan fingerprint density at radius 1 is 1.08 bits per heavy atom. The molecule has 2 aromatic carbocycles. The molecule has 0 atom stereocenters. The van der Waals surface area contributed by atoms with Gasteiger partial charge in [0.15, 0.2) is 0 Å². The van der Waals surface area contributed by atoms with Crippen molar-refractivity contribution in [2.24, 2.45) is 0 Å². The summed E-state index contributed by atoms with van der Waals surface area (Å²) in [6.45, 7) is 4.26. The number of aryl methyl sites for hydroxylation is 2. The zero-order valence-corrected chi connectivity index (χ0v) is 14.3. The van der Waals surface area contributed by atoms with Crippen LogP contribution in [0.1, 0.15) is 27.2 Å². The van der Waals surface area contributed by atoms with Crippen molar-refractivity contribution in [3.05, 3.63) is 75.7 Å². The zero-order valence-electron chi connectivity index (χ0n) is 13.5. The van der Waals surface area contributed by atoms with E-state index in [1.807, 2.05) is 37.4 Å². The average Bonchev–Trinajstić information content (AvgIpc) is 3.10. The van der Waals surface area contributed by atoms with Crippen molar-refractivity contribution in [2.45, 2.75) is 20.5 Å². The average molecular weight is 339 g/mol. The van der Waals surface area contributed by atoms with E-state index in [4.69, 9.17) is 9.47 Å². The third-order valence-corrected chi connectivity index (χ3v) is 4.20. The predicted octanol–water partition coefficient (Wildman–Crippen LogP) is 4.56. The van der Waals surface area contributed by atoms with E-state index in [0.29, 0.717) is 23.7 Å². The van der Waals surface area contributed by atoms with Crippen molar-refractivity contribution < 1.29 is 14.3 Å². The van der Waals surface area contributed by atoms with Gasteiger partial charge in [0.2, 0.25) is 0 Å². The Balaban J connectivity index is 1.65. The van der Waals surface area contributed by atoms with Gasteiger partial charge in [0.25, 0.3) is 0 Å². The van der Waals surface area contributed by atoms with Crippen molar-refractivity contribution in [2.75, 3.05) is 0 Å². The maximum Gasteiger partial charge on any atom is 0.343 e. The number of carbonyl (C=O) groups excluding carboxylic acids is 1. The maximum atomic E-state index is 12.3. The number of nitrogens with zero attached hydrogens (tertiary/aromatic N) is 1. The molecule has 0 bridgehead atoms. The minimum Gasteiger partial charge on any atom is -0.487 e. The highest BCUT2D eigenvalue weighted by Gasteiger charge is 2.12. The molecule has 0 N–H and O–H groups in total. The van der Waals surface area contributed by atoms with E-state index in [9.17, 15) is 4.79 Å². The second-order valence-corrected chi connectivity index (χ2v) is 6.12. The molecule has 0 saturated heterocycles. The van der Waals surface area contributed by atoms with Crippen LogP contribution >= 0.6 is 11.3 Å². The van der Waals surface area contributed by atoms with E-state index >= 15 is 0 Å². The molecule has 1 heterocycles. The Morgan fingerprint density at radius 2 is 1.79 bits per heavy atom. The van der Waals surface area contributed by atoms with Gasteiger partial charge < -0.3 is 9.47 Å². The molecule has 1 aromatic heterocycles. The Bertz CT molecular complexity index is 806. The van der Waals surface area contributed by atoms with E-state index in [2.05, 4.69) is 4.98 Å². The molecular weight excluding hydrogens is 322 g/mol. The lowest BCUT2D eigenvalue weighted by Gasteiger charge is -2.10. The molecular formula is C19H17NO3S. The number of carbonyl (C=O) groups is 1. The topological polar surface area (TPSA) is 48.4 Å². The molecule has 3 aromatic rings. The molecule has 3 rings (SSSR count). The van der Waals surface area contributed by atoms with E-state index in [1.54, 1.807) is 29.8 Å². The third kappa shape index (κ3) is 3.81. The van der Waals surface area contributed by atoms with E-state index in [-0.39, 0.29) is 5.97 Å². The van der Waals surface area contributed by atoms with Gasteiger partial charge in [-0.1, -0.05) is 18.2 Å². The Labute approximate surface area is 144 Å². The first-order valence-corrected chi connectivity index (χ1v) is 8.46. The molecule has 4 nitrogen and oxygen atoms in total. The fraction of sp³-hybridized carbons (Fsp3) is 0.158. The molecule has 24 heavy (non-hydrogen) atoms. The number of aromatic nitrogens is 1. The standard InChI is InChI=1S/C19H17NO3S/c1-13-4-3-5-14(2)18(13)23-19(21)15-6-8-17(9-7-15)22-10-16-11-24-12-20-16/h3-9,11-12H,10H2,1-2H3. The Hall–Kier alpha value is -2.66. The smallest absolute Gasteiger partial charge is 0.343 e. The van der Waals surface area contributed by atoms with Crippen LogP contribution in [-0.2, 0) is 6.61 Å². The summed E-state index contributed by atoms with van der Waals surface area (Å²) in [7, 11) is 0. The molecule has 0 fully saturated rings. The van der Waals surface area contributed by atoms with Gasteiger partial charge in [-0.2, -0.15) is 0 Å². The van der Waals surface area contributed by atoms with Gasteiger partial charge in [0.1, 0.15) is 18.1 Å². The molecule has 122 valence electrons. The van der Waals surface area contributed by atoms with Crippen LogP contribution in [0.15, 0.2) is 53.4 Å². The fourth-order valence-corrected chi connectivity index (χ4v) is 2.81. The highest BCUT2D eigenvalue weighted by atomic mass is 32.1. The number of hydrogen-bond donors (Lipinski definition) is 0. The first-order chi connectivity index (χ1) is 11.6. The van der Waals surface area contributed by atoms with Crippen LogP contribution in [0, 0.1) is 13.8 Å². The lowest BCUT2D eigenvalue weighted by Crippen LogP contribution is -2.10. The number of thiazole rings is 1. The summed E-state index contributed by atoms with van der Waals surface area (Å²) in [6.07, 6.45) is 0. The quantitative estimate of drug-likeness (QED) is 0.505. The lowest BCUT2D eigenvalue weighted by molar-refractivity contribution is 0.0732. The van der Waals surface area contributed by atoms with Crippen molar-refractivity contribution in [3.8, 4) is 11.5 Å². The molecule has 0 aliphatic carbocycles. The molecule has 0 amide bonds. The van der Waals surface area contributed by atoms with Crippen molar-refractivity contribution in [1.82, 2.24) is 4.98 Å². The molecule has 0 aliphatic rings. The van der Waals surface area contributed by atoms with Gasteiger partial charge in [-0.3, -0.25) is 0 Å². The number of esters is 1. The number of para-hydroxylation sites is 1. The highest BCUT2D eigenvalue weighted by Crippen LogP contribution is 2.24. The first kappa shape index (κ1) is 16.2. The van der Waals surface area contributed by atoms with Crippen LogP contribution in [0.2, 0.25) is 0 Å². The summed E-state index contributed by atoms with van der Waals surface area (Å²) >= 11 is 1.53. The van der Waals surface area contributed by atoms with Gasteiger partial charge in [0.05, 0.1) is 16.8 Å². The number of hydrogen-bond acceptors (Lipinski definition) is 5. The minimum absolute atomic E-state index is 0.376. The molecule has 0 unspecified atom stereocenters. The summed E-state index contributed by atoms with van der Waals surface area (Å²) in [4.78, 5) is 16.5. The second-order valence-electron chi connectivity index (χ2n) is 5.40. The van der Waals surface area contributed by atoms with Crippen LogP contribution in [0.4, 0.5) is 0 Å². The van der Waals surface area contributed by atoms with Crippen molar-refractivity contribution in [3.63, 3.8) is 0 Å². The van der Waals surface area contributed by atoms with Crippen LogP contribution in [0.25, 0.3) is 0 Å². The van der Waals surface area contributed by atoms with Crippen molar-refractivity contribution >= 4 is 17.3 Å². The van der Waals surface area contributed by atoms with Crippen LogP contribution in [0.5, 0.6) is 11.5 Å². The summed E-state index contributed by atoms with van der Waals surface area (Å²) < 4.78 is 11.2. The van der Waals surface area contributed by atoms with Gasteiger partial charge in [-0.05, 0) is 49.2 Å². The van der Waals surface area contributed by atoms with E-state index in [0.717, 1.165) is 16.8 Å². The monoisotopic (exact) mass is 339 g/mol. The lowest BCUT2D eigenvalue weighted by atomic mass is 10.1.